The van der Waals surface area contributed by atoms with Crippen molar-refractivity contribution in [1.29, 1.82) is 0 Å². The van der Waals surface area contributed by atoms with E-state index in [2.05, 4.69) is 24.5 Å². The van der Waals surface area contributed by atoms with E-state index in [9.17, 15) is 9.59 Å². The van der Waals surface area contributed by atoms with Gasteiger partial charge in [0.2, 0.25) is 0 Å². The number of unbranched alkanes of at least 4 members (excludes halogenated alkanes) is 1. The summed E-state index contributed by atoms with van der Waals surface area (Å²) in [6.45, 7) is 2.09. The third-order valence-electron chi connectivity index (χ3n) is 3.19. The number of nitrogens with zero attached hydrogens (tertiary/aromatic N) is 2. The summed E-state index contributed by atoms with van der Waals surface area (Å²) in [7, 11) is 0. The van der Waals surface area contributed by atoms with Crippen LogP contribution >= 0.6 is 0 Å². The molecule has 0 saturated carbocycles. The number of nitrogens with one attached hydrogen (secondary N) is 1. The molecule has 0 bridgehead atoms. The summed E-state index contributed by atoms with van der Waals surface area (Å²) in [6, 6.07) is 10.5. The largest absolute Gasteiger partial charge is 0.354 e. The Labute approximate surface area is 135 Å². The Morgan fingerprint density at radius 2 is 1.74 bits per heavy atom. The summed E-state index contributed by atoms with van der Waals surface area (Å²) < 4.78 is 2.39. The molecule has 5 nitrogen and oxygen atoms in total. The molecule has 0 saturated heterocycles. The maximum atomic E-state index is 12.4. The number of hydrogen-bond donors (Lipinski definition) is 1. The fourth-order valence-corrected chi connectivity index (χ4v) is 2.02. The Bertz CT molecular complexity index is 786. The first-order valence-electron chi connectivity index (χ1n) is 7.70. The van der Waals surface area contributed by atoms with Crippen LogP contribution in [0, 0.1) is 0 Å². The molecule has 23 heavy (non-hydrogen) atoms. The highest BCUT2D eigenvalue weighted by molar-refractivity contribution is 5.42. The first kappa shape index (κ1) is 16.5. The van der Waals surface area contributed by atoms with Crippen molar-refractivity contribution in [3.63, 3.8) is 0 Å². The van der Waals surface area contributed by atoms with Gasteiger partial charge >= 0.3 is 5.69 Å². The zero-order chi connectivity index (χ0) is 16.5. The summed E-state index contributed by atoms with van der Waals surface area (Å²) in [5, 5.41) is 0. The summed E-state index contributed by atoms with van der Waals surface area (Å²) in [4.78, 5) is 24.3. The van der Waals surface area contributed by atoms with Gasteiger partial charge in [0, 0.05) is 18.5 Å². The number of aromatic nitrogens is 2. The van der Waals surface area contributed by atoms with E-state index >= 15 is 0 Å². The lowest BCUT2D eigenvalue weighted by molar-refractivity contribution is 0.769. The zero-order valence-corrected chi connectivity index (χ0v) is 13.2. The molecule has 0 fully saturated rings. The van der Waals surface area contributed by atoms with Gasteiger partial charge in [0.15, 0.2) is 0 Å². The van der Waals surface area contributed by atoms with Gasteiger partial charge in [-0.1, -0.05) is 43.4 Å². The van der Waals surface area contributed by atoms with Crippen molar-refractivity contribution in [3.8, 4) is 0 Å². The molecule has 0 aliphatic rings. The molecule has 0 spiro atoms. The van der Waals surface area contributed by atoms with Crippen LogP contribution in [-0.2, 0) is 0 Å². The number of para-hydroxylation sites is 1. The molecule has 5 heteroatoms. The Balaban J connectivity index is 2.15. The number of rotatable bonds is 7. The van der Waals surface area contributed by atoms with Crippen molar-refractivity contribution < 1.29 is 0 Å². The average Bonchev–Trinajstić information content (AvgIpc) is 2.57. The average molecular weight is 311 g/mol. The van der Waals surface area contributed by atoms with Gasteiger partial charge in [-0.05, 0) is 31.4 Å². The van der Waals surface area contributed by atoms with E-state index in [1.165, 1.54) is 16.8 Å². The van der Waals surface area contributed by atoms with Crippen LogP contribution in [0.3, 0.4) is 0 Å². The minimum absolute atomic E-state index is 0.394. The lowest BCUT2D eigenvalue weighted by atomic mass is 10.2. The SMILES string of the molecule is CC/C=C/CC/C=C/n1ccc(=O)n(Nc2ccccc2)c1=O. The first-order valence-corrected chi connectivity index (χ1v) is 7.70. The van der Waals surface area contributed by atoms with E-state index in [0.29, 0.717) is 5.69 Å². The molecule has 0 aliphatic heterocycles. The van der Waals surface area contributed by atoms with Crippen LogP contribution in [0.1, 0.15) is 26.2 Å². The second-order valence-electron chi connectivity index (χ2n) is 5.00. The Kier molecular flexibility index (Phi) is 6.17. The van der Waals surface area contributed by atoms with Crippen LogP contribution in [0.2, 0.25) is 0 Å². The van der Waals surface area contributed by atoms with Gasteiger partial charge in [-0.15, -0.1) is 0 Å². The highest BCUT2D eigenvalue weighted by Crippen LogP contribution is 2.03. The van der Waals surface area contributed by atoms with E-state index in [1.807, 2.05) is 24.3 Å². The summed E-state index contributed by atoms with van der Waals surface area (Å²) in [5.74, 6) is 0. The number of allylic oxidation sites excluding steroid dienone is 3. The molecule has 0 atom stereocenters. The maximum absolute atomic E-state index is 12.4. The molecule has 1 heterocycles. The molecule has 2 aromatic rings. The van der Waals surface area contributed by atoms with Gasteiger partial charge in [0.05, 0.1) is 5.69 Å². The van der Waals surface area contributed by atoms with Gasteiger partial charge in [-0.2, -0.15) is 4.68 Å². The Hall–Kier alpha value is -2.82. The quantitative estimate of drug-likeness (QED) is 0.631. The van der Waals surface area contributed by atoms with Gasteiger partial charge in [0.25, 0.3) is 5.56 Å². The van der Waals surface area contributed by atoms with E-state index in [0.717, 1.165) is 23.9 Å². The highest BCUT2D eigenvalue weighted by atomic mass is 16.2. The van der Waals surface area contributed by atoms with E-state index in [4.69, 9.17) is 0 Å². The summed E-state index contributed by atoms with van der Waals surface area (Å²) >= 11 is 0. The van der Waals surface area contributed by atoms with E-state index < -0.39 is 11.2 Å². The lowest BCUT2D eigenvalue weighted by Gasteiger charge is -2.09. The molecular weight excluding hydrogens is 290 g/mol. The van der Waals surface area contributed by atoms with Crippen molar-refractivity contribution in [3.05, 3.63) is 81.7 Å². The number of anilines is 1. The summed E-state index contributed by atoms with van der Waals surface area (Å²) in [5.41, 5.74) is 2.68. The van der Waals surface area contributed by atoms with Gasteiger partial charge in [0.1, 0.15) is 0 Å². The normalized spacial score (nSPS) is 11.3. The topological polar surface area (TPSA) is 56.0 Å². The van der Waals surface area contributed by atoms with Crippen molar-refractivity contribution in [2.24, 2.45) is 0 Å². The maximum Gasteiger partial charge on any atom is 0.354 e. The van der Waals surface area contributed by atoms with Gasteiger partial charge < -0.3 is 0 Å². The molecule has 2 rings (SSSR count). The van der Waals surface area contributed by atoms with Crippen LogP contribution < -0.4 is 16.7 Å². The second-order valence-corrected chi connectivity index (χ2v) is 5.00. The molecule has 0 aliphatic carbocycles. The van der Waals surface area contributed by atoms with Gasteiger partial charge in [-0.3, -0.25) is 14.8 Å². The molecule has 120 valence electrons. The monoisotopic (exact) mass is 311 g/mol. The van der Waals surface area contributed by atoms with Crippen LogP contribution in [0.15, 0.2) is 70.4 Å². The molecular formula is C18H21N3O2. The van der Waals surface area contributed by atoms with Crippen LogP contribution in [-0.4, -0.2) is 9.24 Å². The Morgan fingerprint density at radius 3 is 2.48 bits per heavy atom. The minimum atomic E-state index is -0.429. The molecule has 1 aromatic heterocycles. The van der Waals surface area contributed by atoms with Gasteiger partial charge in [-0.25, -0.2) is 4.79 Å². The van der Waals surface area contributed by atoms with Crippen molar-refractivity contribution in [1.82, 2.24) is 9.24 Å². The predicted molar refractivity (Wildman–Crippen MR) is 94.4 cm³/mol. The minimum Gasteiger partial charge on any atom is -0.287 e. The smallest absolute Gasteiger partial charge is 0.287 e. The van der Waals surface area contributed by atoms with E-state index in [-0.39, 0.29) is 0 Å². The third-order valence-corrected chi connectivity index (χ3v) is 3.19. The fraction of sp³-hybridized carbons (Fsp3) is 0.222. The number of hydrogen-bond acceptors (Lipinski definition) is 3. The standard InChI is InChI=1S/C18H21N3O2/c1-2-3-4-5-6-10-14-20-15-13-17(22)21(18(20)23)19-16-11-8-7-9-12-16/h3-4,7-15,19H,2,5-6H2,1H3/b4-3+,14-10+. The van der Waals surface area contributed by atoms with Crippen molar-refractivity contribution in [2.75, 3.05) is 5.43 Å². The predicted octanol–water partition coefficient (Wildman–Crippen LogP) is 3.10. The lowest BCUT2D eigenvalue weighted by Crippen LogP contribution is -2.41. The second kappa shape index (κ2) is 8.58. The number of benzene rings is 1. The van der Waals surface area contributed by atoms with Crippen molar-refractivity contribution >= 4 is 11.9 Å². The third kappa shape index (κ3) is 4.85. The summed E-state index contributed by atoms with van der Waals surface area (Å²) in [6.07, 6.45) is 12.1. The van der Waals surface area contributed by atoms with E-state index in [1.54, 1.807) is 18.3 Å². The highest BCUT2D eigenvalue weighted by Gasteiger charge is 2.03. The zero-order valence-electron chi connectivity index (χ0n) is 13.2. The molecule has 1 N–H and O–H groups in total. The molecule has 0 radical (unpaired) electrons. The van der Waals surface area contributed by atoms with Crippen LogP contribution in [0.4, 0.5) is 5.69 Å². The van der Waals surface area contributed by atoms with Crippen molar-refractivity contribution in [2.45, 2.75) is 26.2 Å². The molecule has 0 amide bonds. The molecule has 1 aromatic carbocycles. The fourth-order valence-electron chi connectivity index (χ4n) is 2.02. The Morgan fingerprint density at radius 1 is 1.00 bits per heavy atom. The first-order chi connectivity index (χ1) is 11.2. The molecule has 0 unspecified atom stereocenters. The van der Waals surface area contributed by atoms with Crippen LogP contribution in [0.25, 0.3) is 6.20 Å². The van der Waals surface area contributed by atoms with Crippen LogP contribution in [0.5, 0.6) is 0 Å².